The lowest BCUT2D eigenvalue weighted by atomic mass is 9.76. The summed E-state index contributed by atoms with van der Waals surface area (Å²) in [6.45, 7) is 1.67. The van der Waals surface area contributed by atoms with E-state index in [0.717, 1.165) is 25.0 Å². The maximum atomic E-state index is 11.4. The molecule has 0 aliphatic heterocycles. The van der Waals surface area contributed by atoms with Gasteiger partial charge in [0, 0.05) is 11.6 Å². The van der Waals surface area contributed by atoms with Crippen molar-refractivity contribution in [2.24, 2.45) is 5.73 Å². The van der Waals surface area contributed by atoms with Crippen LogP contribution in [0.1, 0.15) is 42.1 Å². The van der Waals surface area contributed by atoms with Gasteiger partial charge in [0.15, 0.2) is 9.84 Å². The Hall–Kier alpha value is -0.460. The summed E-state index contributed by atoms with van der Waals surface area (Å²) >= 11 is 1.39. The van der Waals surface area contributed by atoms with Crippen molar-refractivity contribution < 1.29 is 8.42 Å². The Balaban J connectivity index is 2.26. The van der Waals surface area contributed by atoms with Crippen LogP contribution < -0.4 is 5.73 Å². The van der Waals surface area contributed by atoms with E-state index >= 15 is 0 Å². The van der Waals surface area contributed by atoms with Gasteiger partial charge in [0.05, 0.1) is 11.2 Å². The molecular formula is C10H16N2O2S2. The highest BCUT2D eigenvalue weighted by Crippen LogP contribution is 2.39. The second-order valence-corrected chi connectivity index (χ2v) is 7.81. The molecule has 0 bridgehead atoms. The zero-order valence-electron chi connectivity index (χ0n) is 9.43. The van der Waals surface area contributed by atoms with E-state index in [1.165, 1.54) is 17.6 Å². The molecule has 0 saturated heterocycles. The lowest BCUT2D eigenvalue weighted by Gasteiger charge is -2.36. The van der Waals surface area contributed by atoms with Crippen LogP contribution in [-0.4, -0.2) is 19.7 Å². The summed E-state index contributed by atoms with van der Waals surface area (Å²) < 4.78 is 22.8. The van der Waals surface area contributed by atoms with Crippen LogP contribution in [0.4, 0.5) is 0 Å². The van der Waals surface area contributed by atoms with Gasteiger partial charge >= 0.3 is 0 Å². The van der Waals surface area contributed by atoms with Crippen LogP contribution in [0.5, 0.6) is 0 Å². The van der Waals surface area contributed by atoms with Crippen molar-refractivity contribution in [3.8, 4) is 0 Å². The van der Waals surface area contributed by atoms with E-state index in [0.29, 0.717) is 5.01 Å². The van der Waals surface area contributed by atoms with E-state index in [2.05, 4.69) is 4.98 Å². The molecule has 1 heterocycles. The van der Waals surface area contributed by atoms with Gasteiger partial charge in [-0.3, -0.25) is 0 Å². The molecule has 6 heteroatoms. The predicted octanol–water partition coefficient (Wildman–Crippen LogP) is 1.59. The van der Waals surface area contributed by atoms with Crippen LogP contribution in [0, 0.1) is 0 Å². The minimum absolute atomic E-state index is 0.300. The molecular weight excluding hydrogens is 244 g/mol. The van der Waals surface area contributed by atoms with Crippen LogP contribution in [0.15, 0.2) is 5.38 Å². The third-order valence-electron chi connectivity index (χ3n) is 3.27. The van der Waals surface area contributed by atoms with Gasteiger partial charge in [-0.1, -0.05) is 0 Å². The molecule has 2 N–H and O–H groups in total. The van der Waals surface area contributed by atoms with Gasteiger partial charge < -0.3 is 5.73 Å². The largest absolute Gasteiger partial charge is 0.320 e. The van der Waals surface area contributed by atoms with Crippen molar-refractivity contribution in [1.82, 2.24) is 4.98 Å². The molecule has 1 aliphatic rings. The molecule has 1 aromatic heterocycles. The van der Waals surface area contributed by atoms with Crippen molar-refractivity contribution in [2.75, 3.05) is 6.26 Å². The lowest BCUT2D eigenvalue weighted by Crippen LogP contribution is -2.43. The molecule has 1 aliphatic carbocycles. The Morgan fingerprint density at radius 3 is 2.62 bits per heavy atom. The monoisotopic (exact) mass is 260 g/mol. The third kappa shape index (κ3) is 2.01. The first kappa shape index (κ1) is 12.0. The zero-order chi connectivity index (χ0) is 12.0. The minimum atomic E-state index is -3.07. The van der Waals surface area contributed by atoms with Gasteiger partial charge in [0.1, 0.15) is 10.3 Å². The number of hydrogen-bond acceptors (Lipinski definition) is 5. The summed E-state index contributed by atoms with van der Waals surface area (Å²) in [5.41, 5.74) is 6.70. The van der Waals surface area contributed by atoms with Gasteiger partial charge in [0.2, 0.25) is 0 Å². The van der Waals surface area contributed by atoms with Crippen molar-refractivity contribution in [2.45, 2.75) is 37.0 Å². The first-order valence-corrected chi connectivity index (χ1v) is 8.10. The number of nitrogens with two attached hydrogens (primary N) is 1. The second kappa shape index (κ2) is 3.78. The van der Waals surface area contributed by atoms with Crippen LogP contribution >= 0.6 is 11.3 Å². The highest BCUT2D eigenvalue weighted by molar-refractivity contribution is 7.91. The number of sulfone groups is 1. The van der Waals surface area contributed by atoms with E-state index in [1.807, 2.05) is 5.38 Å². The number of hydrogen-bond donors (Lipinski definition) is 1. The molecule has 0 spiro atoms. The Labute approximate surface area is 99.8 Å². The first-order valence-electron chi connectivity index (χ1n) is 5.26. The standard InChI is InChI=1S/C10H16N2O2S2/c1-7(16(2,13)14)9-12-8(6-15-9)10(11)4-3-5-10/h6-7H,3-5,11H2,1-2H3. The number of rotatable bonds is 3. The van der Waals surface area contributed by atoms with Gasteiger partial charge in [-0.15, -0.1) is 11.3 Å². The van der Waals surface area contributed by atoms with E-state index in [1.54, 1.807) is 6.92 Å². The fraction of sp³-hybridized carbons (Fsp3) is 0.700. The van der Waals surface area contributed by atoms with Gasteiger partial charge in [-0.2, -0.15) is 0 Å². The normalized spacial score (nSPS) is 21.4. The molecule has 16 heavy (non-hydrogen) atoms. The maximum absolute atomic E-state index is 11.4. The van der Waals surface area contributed by atoms with Crippen LogP contribution in [0.3, 0.4) is 0 Å². The van der Waals surface area contributed by atoms with E-state index in [-0.39, 0.29) is 5.54 Å². The molecule has 0 amide bonds. The molecule has 1 aromatic rings. The average molecular weight is 260 g/mol. The number of thiazole rings is 1. The van der Waals surface area contributed by atoms with E-state index in [9.17, 15) is 8.42 Å². The molecule has 0 aromatic carbocycles. The molecule has 0 radical (unpaired) electrons. The zero-order valence-corrected chi connectivity index (χ0v) is 11.1. The smallest absolute Gasteiger partial charge is 0.156 e. The fourth-order valence-electron chi connectivity index (χ4n) is 1.70. The summed E-state index contributed by atoms with van der Waals surface area (Å²) in [7, 11) is -3.07. The maximum Gasteiger partial charge on any atom is 0.156 e. The lowest BCUT2D eigenvalue weighted by molar-refractivity contribution is 0.247. The SMILES string of the molecule is CC(c1nc(C2(N)CCC2)cs1)S(C)(=O)=O. The van der Waals surface area contributed by atoms with Crippen molar-refractivity contribution in [3.05, 3.63) is 16.1 Å². The Morgan fingerprint density at radius 2 is 2.19 bits per heavy atom. The Kier molecular flexibility index (Phi) is 2.84. The average Bonchev–Trinajstić information content (AvgIpc) is 2.60. The molecule has 1 saturated carbocycles. The van der Waals surface area contributed by atoms with Gasteiger partial charge in [-0.05, 0) is 26.2 Å². The second-order valence-electron chi connectivity index (χ2n) is 4.55. The molecule has 1 fully saturated rings. The van der Waals surface area contributed by atoms with Crippen molar-refractivity contribution >= 4 is 21.2 Å². The third-order valence-corrected chi connectivity index (χ3v) is 5.95. The van der Waals surface area contributed by atoms with Crippen LogP contribution in [0.2, 0.25) is 0 Å². The van der Waals surface area contributed by atoms with Gasteiger partial charge in [0.25, 0.3) is 0 Å². The van der Waals surface area contributed by atoms with E-state index in [4.69, 9.17) is 5.73 Å². The minimum Gasteiger partial charge on any atom is -0.320 e. The molecule has 2 rings (SSSR count). The summed E-state index contributed by atoms with van der Waals surface area (Å²) in [5.74, 6) is 0. The van der Waals surface area contributed by atoms with Crippen molar-refractivity contribution in [1.29, 1.82) is 0 Å². The summed E-state index contributed by atoms with van der Waals surface area (Å²) in [6, 6.07) is 0. The molecule has 4 nitrogen and oxygen atoms in total. The van der Waals surface area contributed by atoms with E-state index < -0.39 is 15.1 Å². The molecule has 1 unspecified atom stereocenters. The number of nitrogens with zero attached hydrogens (tertiary/aromatic N) is 1. The van der Waals surface area contributed by atoms with Crippen molar-refractivity contribution in [3.63, 3.8) is 0 Å². The van der Waals surface area contributed by atoms with Crippen LogP contribution in [0.25, 0.3) is 0 Å². The summed E-state index contributed by atoms with van der Waals surface area (Å²) in [5, 5.41) is 2.01. The topological polar surface area (TPSA) is 73.0 Å². The summed E-state index contributed by atoms with van der Waals surface area (Å²) in [4.78, 5) is 4.38. The molecule has 90 valence electrons. The molecule has 1 atom stereocenters. The Bertz CT molecular complexity index is 489. The highest BCUT2D eigenvalue weighted by atomic mass is 32.2. The summed E-state index contributed by atoms with van der Waals surface area (Å²) in [6.07, 6.45) is 4.26. The van der Waals surface area contributed by atoms with Gasteiger partial charge in [-0.25, -0.2) is 13.4 Å². The van der Waals surface area contributed by atoms with Crippen LogP contribution in [-0.2, 0) is 15.4 Å². The fourth-order valence-corrected chi connectivity index (χ4v) is 3.67. The number of aromatic nitrogens is 1. The Morgan fingerprint density at radius 1 is 1.56 bits per heavy atom. The predicted molar refractivity (Wildman–Crippen MR) is 65.1 cm³/mol. The quantitative estimate of drug-likeness (QED) is 0.895. The first-order chi connectivity index (χ1) is 7.33. The highest BCUT2D eigenvalue weighted by Gasteiger charge is 2.37.